The number of amides is 1. The molecule has 120 valence electrons. The molecule has 1 atom stereocenters. The van der Waals surface area contributed by atoms with Crippen molar-refractivity contribution in [1.29, 1.82) is 0 Å². The van der Waals surface area contributed by atoms with Crippen LogP contribution in [0.4, 0.5) is 8.78 Å². The highest BCUT2D eigenvalue weighted by molar-refractivity contribution is 5.97. The summed E-state index contributed by atoms with van der Waals surface area (Å²) < 4.78 is 31.6. The normalized spacial score (nSPS) is 16.8. The number of fused-ring (bicyclic) bond motifs is 1. The number of carbonyl (C=O) groups is 2. The van der Waals surface area contributed by atoms with Crippen molar-refractivity contribution in [3.05, 3.63) is 53.1 Å². The van der Waals surface area contributed by atoms with Crippen molar-refractivity contribution in [1.82, 2.24) is 14.9 Å². The minimum atomic E-state index is -0.978. The maximum Gasteiger partial charge on any atom is 0.329 e. The minimum Gasteiger partial charge on any atom is -0.467 e. The Hall–Kier alpha value is -2.77. The SMILES string of the molecule is COC(=O)C1Cc2nc[nH]c2CN1C(=O)c1ccc(F)cc1F. The smallest absolute Gasteiger partial charge is 0.329 e. The van der Waals surface area contributed by atoms with Crippen molar-refractivity contribution < 1.29 is 23.1 Å². The highest BCUT2D eigenvalue weighted by atomic mass is 19.1. The number of esters is 1. The fourth-order valence-electron chi connectivity index (χ4n) is 2.61. The van der Waals surface area contributed by atoms with E-state index in [2.05, 4.69) is 9.97 Å². The van der Waals surface area contributed by atoms with Crippen LogP contribution in [-0.4, -0.2) is 39.9 Å². The van der Waals surface area contributed by atoms with Crippen LogP contribution in [-0.2, 0) is 22.5 Å². The van der Waals surface area contributed by atoms with Crippen LogP contribution in [0.1, 0.15) is 21.7 Å². The van der Waals surface area contributed by atoms with Gasteiger partial charge in [-0.1, -0.05) is 0 Å². The van der Waals surface area contributed by atoms with E-state index in [9.17, 15) is 18.4 Å². The van der Waals surface area contributed by atoms with Crippen LogP contribution in [0, 0.1) is 11.6 Å². The average Bonchev–Trinajstić information content (AvgIpc) is 2.99. The second-order valence-corrected chi connectivity index (χ2v) is 5.13. The van der Waals surface area contributed by atoms with E-state index < -0.39 is 29.6 Å². The first kappa shape index (κ1) is 15.1. The van der Waals surface area contributed by atoms with E-state index in [0.717, 1.165) is 12.1 Å². The Bertz CT molecular complexity index is 775. The molecule has 0 radical (unpaired) electrons. The summed E-state index contributed by atoms with van der Waals surface area (Å²) in [5.41, 5.74) is 1.02. The third-order valence-corrected chi connectivity index (χ3v) is 3.79. The van der Waals surface area contributed by atoms with Crippen LogP contribution < -0.4 is 0 Å². The zero-order valence-corrected chi connectivity index (χ0v) is 12.2. The number of H-pyrrole nitrogens is 1. The van der Waals surface area contributed by atoms with Gasteiger partial charge in [-0.05, 0) is 12.1 Å². The molecular formula is C15H13F2N3O3. The van der Waals surface area contributed by atoms with Gasteiger partial charge in [0.15, 0.2) is 0 Å². The number of nitrogens with zero attached hydrogens (tertiary/aromatic N) is 2. The maximum absolute atomic E-state index is 13.9. The first-order chi connectivity index (χ1) is 11.0. The van der Waals surface area contributed by atoms with Gasteiger partial charge in [-0.2, -0.15) is 0 Å². The van der Waals surface area contributed by atoms with E-state index in [0.29, 0.717) is 17.5 Å². The standard InChI is InChI=1S/C15H13F2N3O3/c1-23-15(22)13-5-11-12(19-7-18-11)6-20(13)14(21)9-3-2-8(16)4-10(9)17/h2-4,7,13H,5-6H2,1H3,(H,18,19). The lowest BCUT2D eigenvalue weighted by molar-refractivity contribution is -0.146. The molecule has 1 aliphatic rings. The van der Waals surface area contributed by atoms with E-state index in [1.165, 1.54) is 18.3 Å². The first-order valence-electron chi connectivity index (χ1n) is 6.86. The Morgan fingerprint density at radius 2 is 2.17 bits per heavy atom. The Morgan fingerprint density at radius 1 is 1.39 bits per heavy atom. The molecule has 23 heavy (non-hydrogen) atoms. The van der Waals surface area contributed by atoms with Crippen LogP contribution in [0.3, 0.4) is 0 Å². The highest BCUT2D eigenvalue weighted by Gasteiger charge is 2.37. The maximum atomic E-state index is 13.9. The predicted octanol–water partition coefficient (Wildman–Crippen LogP) is 1.43. The molecule has 6 nitrogen and oxygen atoms in total. The van der Waals surface area contributed by atoms with Crippen LogP contribution in [0.2, 0.25) is 0 Å². The van der Waals surface area contributed by atoms with Crippen LogP contribution >= 0.6 is 0 Å². The zero-order valence-electron chi connectivity index (χ0n) is 12.2. The van der Waals surface area contributed by atoms with E-state index in [-0.39, 0.29) is 18.5 Å². The fourth-order valence-corrected chi connectivity index (χ4v) is 2.61. The van der Waals surface area contributed by atoms with E-state index >= 15 is 0 Å². The van der Waals surface area contributed by atoms with Gasteiger partial charge in [0.1, 0.15) is 17.7 Å². The molecule has 1 unspecified atom stereocenters. The summed E-state index contributed by atoms with van der Waals surface area (Å²) in [4.78, 5) is 32.8. The molecule has 1 aromatic heterocycles. The molecule has 1 N–H and O–H groups in total. The number of ether oxygens (including phenoxy) is 1. The second kappa shape index (κ2) is 5.79. The third kappa shape index (κ3) is 2.67. The van der Waals surface area contributed by atoms with Gasteiger partial charge in [0.25, 0.3) is 5.91 Å². The van der Waals surface area contributed by atoms with Crippen molar-refractivity contribution in [2.45, 2.75) is 19.0 Å². The molecule has 0 spiro atoms. The lowest BCUT2D eigenvalue weighted by Gasteiger charge is -2.33. The molecule has 0 bridgehead atoms. The van der Waals surface area contributed by atoms with Crippen molar-refractivity contribution in [2.75, 3.05) is 7.11 Å². The molecule has 8 heteroatoms. The van der Waals surface area contributed by atoms with Gasteiger partial charge in [-0.25, -0.2) is 18.6 Å². The predicted molar refractivity (Wildman–Crippen MR) is 74.3 cm³/mol. The van der Waals surface area contributed by atoms with Gasteiger partial charge in [-0.15, -0.1) is 0 Å². The van der Waals surface area contributed by atoms with Crippen molar-refractivity contribution in [3.8, 4) is 0 Å². The van der Waals surface area contributed by atoms with Crippen molar-refractivity contribution in [3.63, 3.8) is 0 Å². The third-order valence-electron chi connectivity index (χ3n) is 3.79. The summed E-state index contributed by atoms with van der Waals surface area (Å²) in [7, 11) is 1.21. The summed E-state index contributed by atoms with van der Waals surface area (Å²) in [6, 6.07) is 1.78. The zero-order chi connectivity index (χ0) is 16.6. The molecule has 1 aromatic carbocycles. The van der Waals surface area contributed by atoms with Crippen molar-refractivity contribution >= 4 is 11.9 Å². The van der Waals surface area contributed by atoms with E-state index in [4.69, 9.17) is 4.74 Å². The molecule has 2 aromatic rings. The minimum absolute atomic E-state index is 0.0603. The van der Waals surface area contributed by atoms with Gasteiger partial charge >= 0.3 is 5.97 Å². The van der Waals surface area contributed by atoms with Gasteiger partial charge in [0.05, 0.1) is 36.9 Å². The molecule has 2 heterocycles. The topological polar surface area (TPSA) is 75.3 Å². The Morgan fingerprint density at radius 3 is 2.87 bits per heavy atom. The summed E-state index contributed by atoms with van der Waals surface area (Å²) in [6.07, 6.45) is 1.63. The Balaban J connectivity index is 1.97. The number of halogens is 2. The number of methoxy groups -OCH3 is 1. The number of carbonyl (C=O) groups excluding carboxylic acids is 2. The molecular weight excluding hydrogens is 308 g/mol. The van der Waals surface area contributed by atoms with E-state index in [1.54, 1.807) is 0 Å². The highest BCUT2D eigenvalue weighted by Crippen LogP contribution is 2.24. The number of aromatic nitrogens is 2. The summed E-state index contributed by atoms with van der Waals surface area (Å²) in [5, 5.41) is 0. The lowest BCUT2D eigenvalue weighted by atomic mass is 10.0. The summed E-state index contributed by atoms with van der Waals surface area (Å²) >= 11 is 0. The van der Waals surface area contributed by atoms with Crippen molar-refractivity contribution in [2.24, 2.45) is 0 Å². The molecule has 0 fully saturated rings. The number of nitrogens with one attached hydrogen (secondary N) is 1. The van der Waals surface area contributed by atoms with Gasteiger partial charge in [-0.3, -0.25) is 4.79 Å². The van der Waals surface area contributed by atoms with Gasteiger partial charge in [0, 0.05) is 12.5 Å². The molecule has 1 aliphatic heterocycles. The summed E-state index contributed by atoms with van der Waals surface area (Å²) in [5.74, 6) is -3.08. The molecule has 0 aliphatic carbocycles. The first-order valence-corrected chi connectivity index (χ1v) is 6.86. The quantitative estimate of drug-likeness (QED) is 0.849. The average molecular weight is 321 g/mol. The Kier molecular flexibility index (Phi) is 3.81. The van der Waals surface area contributed by atoms with Crippen LogP contribution in [0.15, 0.2) is 24.5 Å². The number of hydrogen-bond acceptors (Lipinski definition) is 4. The van der Waals surface area contributed by atoms with Crippen LogP contribution in [0.25, 0.3) is 0 Å². The van der Waals surface area contributed by atoms with E-state index in [1.807, 2.05) is 0 Å². The van der Waals surface area contributed by atoms with Gasteiger partial charge in [0.2, 0.25) is 0 Å². The summed E-state index contributed by atoms with van der Waals surface area (Å²) in [6.45, 7) is 0.0603. The number of rotatable bonds is 2. The number of hydrogen-bond donors (Lipinski definition) is 1. The lowest BCUT2D eigenvalue weighted by Crippen LogP contribution is -2.49. The Labute approximate surface area is 130 Å². The number of benzene rings is 1. The fraction of sp³-hybridized carbons (Fsp3) is 0.267. The monoisotopic (exact) mass is 321 g/mol. The van der Waals surface area contributed by atoms with Gasteiger partial charge < -0.3 is 14.6 Å². The second-order valence-electron chi connectivity index (χ2n) is 5.13. The number of imidazole rings is 1. The molecule has 0 saturated carbocycles. The molecule has 0 saturated heterocycles. The number of aromatic amines is 1. The largest absolute Gasteiger partial charge is 0.467 e. The molecule has 3 rings (SSSR count). The van der Waals surface area contributed by atoms with Crippen LogP contribution in [0.5, 0.6) is 0 Å². The molecule has 1 amide bonds.